The fourth-order valence-electron chi connectivity index (χ4n) is 5.64. The van der Waals surface area contributed by atoms with Gasteiger partial charge in [-0.15, -0.1) is 0 Å². The second-order valence-corrected chi connectivity index (χ2v) is 12.7. The maximum atomic E-state index is 14.2. The Morgan fingerprint density at radius 2 is 1.88 bits per heavy atom. The number of hydrogen-bond donors (Lipinski definition) is 1. The van der Waals surface area contributed by atoms with Gasteiger partial charge in [-0.2, -0.15) is 0 Å². The Bertz CT molecular complexity index is 1670. The zero-order valence-corrected chi connectivity index (χ0v) is 25.6. The number of alkyl halides is 3. The van der Waals surface area contributed by atoms with E-state index < -0.39 is 23.6 Å². The number of halogens is 4. The van der Waals surface area contributed by atoms with Gasteiger partial charge in [0.05, 0.1) is 0 Å². The Morgan fingerprint density at radius 3 is 2.64 bits per heavy atom. The summed E-state index contributed by atoms with van der Waals surface area (Å²) in [4.78, 5) is 10.5. The number of aliphatic imine (C=N–C) groups is 1. The fraction of sp³-hybridized carbons (Fsp3) is 0.323. The van der Waals surface area contributed by atoms with Gasteiger partial charge in [0.25, 0.3) is 0 Å². The second kappa shape index (κ2) is 11.8. The summed E-state index contributed by atoms with van der Waals surface area (Å²) in [6.45, 7) is 0.562. The SMILES string of the molecule is [O-]/C(=N\[CH]([Po])C1CCC[C@H](N(CC2=CC2)c2cc(C(F)(F)F)nc3ccccc23)C1)c1cc(-c2ccccc2F)n[nH]1. The molecule has 2 unspecified atom stereocenters. The van der Waals surface area contributed by atoms with E-state index in [-0.39, 0.29) is 21.4 Å². The first-order chi connectivity index (χ1) is 20.2. The third-order valence-electron chi connectivity index (χ3n) is 7.89. The number of para-hydroxylation sites is 1. The zero-order chi connectivity index (χ0) is 29.4. The molecule has 2 aliphatic rings. The third kappa shape index (κ3) is 6.22. The van der Waals surface area contributed by atoms with Gasteiger partial charge in [0.1, 0.15) is 0 Å². The summed E-state index contributed by atoms with van der Waals surface area (Å²) in [6.07, 6.45) is 1.72. The Balaban J connectivity index is 1.26. The third-order valence-corrected chi connectivity index (χ3v) is 9.80. The average Bonchev–Trinajstić information content (AvgIpc) is 3.67. The van der Waals surface area contributed by atoms with Crippen LogP contribution >= 0.6 is 0 Å². The number of allylic oxidation sites excluding steroid dienone is 1. The quantitative estimate of drug-likeness (QED) is 0.107. The molecule has 11 heteroatoms. The number of nitrogens with one attached hydrogen (secondary N) is 1. The first-order valence-corrected chi connectivity index (χ1v) is 15.6. The zero-order valence-electron chi connectivity index (χ0n) is 22.4. The van der Waals surface area contributed by atoms with Crippen LogP contribution in [0.4, 0.5) is 23.2 Å². The molecular weight excluding hydrogens is 743 g/mol. The fourth-order valence-corrected chi connectivity index (χ4v) is 6.98. The number of hydrogen-bond acceptors (Lipinski definition) is 5. The number of nitrogens with zero attached hydrogens (tertiary/aromatic N) is 4. The van der Waals surface area contributed by atoms with Crippen LogP contribution in [0.5, 0.6) is 0 Å². The summed E-state index contributed by atoms with van der Waals surface area (Å²) in [7, 11) is 0. The van der Waals surface area contributed by atoms with Crippen LogP contribution in [0.2, 0.25) is 0 Å². The molecule has 3 atom stereocenters. The number of aromatic nitrogens is 3. The summed E-state index contributed by atoms with van der Waals surface area (Å²) in [5.74, 6) is -0.772. The molecule has 6 nitrogen and oxygen atoms in total. The van der Waals surface area contributed by atoms with Crippen molar-refractivity contribution >= 4 is 47.6 Å². The van der Waals surface area contributed by atoms with Crippen LogP contribution in [0.1, 0.15) is 43.5 Å². The van der Waals surface area contributed by atoms with E-state index >= 15 is 0 Å². The minimum absolute atomic E-state index is 0.0101. The number of aromatic amines is 1. The van der Waals surface area contributed by atoms with Gasteiger partial charge in [-0.3, -0.25) is 0 Å². The van der Waals surface area contributed by atoms with Gasteiger partial charge in [-0.1, -0.05) is 0 Å². The molecule has 6 rings (SSSR count). The molecule has 2 aromatic heterocycles. The van der Waals surface area contributed by atoms with E-state index in [0.717, 1.165) is 50.7 Å². The van der Waals surface area contributed by atoms with Crippen LogP contribution in [0.25, 0.3) is 22.2 Å². The van der Waals surface area contributed by atoms with Crippen molar-refractivity contribution in [2.45, 2.75) is 48.0 Å². The summed E-state index contributed by atoms with van der Waals surface area (Å²) in [5, 5.41) is 20.5. The van der Waals surface area contributed by atoms with E-state index in [2.05, 4.69) is 31.1 Å². The molecule has 2 aromatic carbocycles. The Morgan fingerprint density at radius 1 is 1.12 bits per heavy atom. The van der Waals surface area contributed by atoms with Crippen molar-refractivity contribution in [3.05, 3.63) is 89.5 Å². The van der Waals surface area contributed by atoms with Gasteiger partial charge in [0.15, 0.2) is 0 Å². The van der Waals surface area contributed by atoms with Crippen molar-refractivity contribution in [2.75, 3.05) is 11.4 Å². The second-order valence-electron chi connectivity index (χ2n) is 10.8. The van der Waals surface area contributed by atoms with E-state index in [0.29, 0.717) is 40.8 Å². The van der Waals surface area contributed by atoms with Crippen LogP contribution in [-0.2, 0) is 6.18 Å². The molecule has 1 radical (unpaired) electrons. The molecule has 2 aliphatic carbocycles. The molecule has 1 N–H and O–H groups in total. The molecule has 1 saturated carbocycles. The Kier molecular flexibility index (Phi) is 8.06. The van der Waals surface area contributed by atoms with E-state index in [9.17, 15) is 22.7 Å². The van der Waals surface area contributed by atoms with Crippen LogP contribution in [0.3, 0.4) is 0 Å². The number of benzene rings is 2. The van der Waals surface area contributed by atoms with E-state index in [1.807, 2.05) is 12.1 Å². The standard InChI is InChI=1S/C31H28F4N5O.Po/c32-24-10-3-1-8-22(24)26-15-27(39-38-26)30(41)36-17-20-6-5-7-21(14-20)40(18-19-12-13-19)28-16-29(31(33,34)35)37-25-11-4-2-9-23(25)28;/h1-4,8-12,15-17,20-21H,5-7,13-14,18H2,(H,36,41)(H,38,39);/p-1/t20?,21-;/m0./s1. The van der Waals surface area contributed by atoms with Crippen LogP contribution in [0, 0.1) is 11.7 Å². The maximum absolute atomic E-state index is 14.2. The van der Waals surface area contributed by atoms with Gasteiger partial charge in [0.2, 0.25) is 0 Å². The molecule has 1 fully saturated rings. The number of H-pyrrole nitrogens is 1. The van der Waals surface area contributed by atoms with Gasteiger partial charge in [0, 0.05) is 0 Å². The van der Waals surface area contributed by atoms with Crippen molar-refractivity contribution < 1.29 is 22.7 Å². The van der Waals surface area contributed by atoms with Crippen LogP contribution < -0.4 is 10.0 Å². The summed E-state index contributed by atoms with van der Waals surface area (Å²) in [6, 6.07) is 15.9. The Labute approximate surface area is 255 Å². The molecule has 42 heavy (non-hydrogen) atoms. The number of fused-ring (bicyclic) bond motifs is 1. The molecular formula is C31H27F4N5OPo-. The predicted molar refractivity (Wildman–Crippen MR) is 153 cm³/mol. The average molecular weight is 771 g/mol. The van der Waals surface area contributed by atoms with Crippen LogP contribution in [-0.4, -0.2) is 62.4 Å². The Hall–Kier alpha value is -3.31. The molecule has 0 amide bonds. The van der Waals surface area contributed by atoms with Gasteiger partial charge >= 0.3 is 257 Å². The molecule has 4 aromatic rings. The van der Waals surface area contributed by atoms with Crippen molar-refractivity contribution in [1.29, 1.82) is 0 Å². The predicted octanol–water partition coefficient (Wildman–Crippen LogP) is 5.78. The molecule has 217 valence electrons. The molecule has 0 bridgehead atoms. The van der Waals surface area contributed by atoms with Gasteiger partial charge in [-0.25, -0.2) is 0 Å². The van der Waals surface area contributed by atoms with E-state index in [1.54, 1.807) is 30.3 Å². The minimum atomic E-state index is -4.56. The monoisotopic (exact) mass is 770 g/mol. The summed E-state index contributed by atoms with van der Waals surface area (Å²) < 4.78 is 55.5. The summed E-state index contributed by atoms with van der Waals surface area (Å²) >= 11 is 1.14. The van der Waals surface area contributed by atoms with Gasteiger partial charge in [-0.05, 0) is 0 Å². The number of rotatable bonds is 8. The molecule has 0 aliphatic heterocycles. The molecule has 0 saturated heterocycles. The van der Waals surface area contributed by atoms with Crippen molar-refractivity contribution in [2.24, 2.45) is 10.9 Å². The van der Waals surface area contributed by atoms with Crippen molar-refractivity contribution in [1.82, 2.24) is 15.2 Å². The topological polar surface area (TPSA) is 80.2 Å². The number of anilines is 1. The first kappa shape index (κ1) is 28.8. The number of pyridine rings is 1. The van der Waals surface area contributed by atoms with Gasteiger partial charge < -0.3 is 0 Å². The molecule has 2 heterocycles. The van der Waals surface area contributed by atoms with E-state index in [1.165, 1.54) is 23.8 Å². The van der Waals surface area contributed by atoms with Crippen LogP contribution in [0.15, 0.2) is 77.3 Å². The normalized spacial score (nSPS) is 19.9. The van der Waals surface area contributed by atoms with Crippen molar-refractivity contribution in [3.8, 4) is 11.3 Å². The van der Waals surface area contributed by atoms with Crippen molar-refractivity contribution in [3.63, 3.8) is 0 Å². The summed E-state index contributed by atoms with van der Waals surface area (Å²) in [5.41, 5.74) is 1.98. The molecule has 0 spiro atoms. The van der Waals surface area contributed by atoms with E-state index in [4.69, 9.17) is 0 Å². The first-order valence-electron chi connectivity index (χ1n) is 13.8.